The highest BCUT2D eigenvalue weighted by Crippen LogP contribution is 2.40. The Labute approximate surface area is 166 Å². The summed E-state index contributed by atoms with van der Waals surface area (Å²) in [5.74, 6) is 1.03. The van der Waals surface area contributed by atoms with E-state index in [2.05, 4.69) is 0 Å². The van der Waals surface area contributed by atoms with Crippen LogP contribution < -0.4 is 9.47 Å². The fourth-order valence-corrected chi connectivity index (χ4v) is 4.06. The third kappa shape index (κ3) is 4.09. The van der Waals surface area contributed by atoms with E-state index in [0.29, 0.717) is 50.9 Å². The largest absolute Gasteiger partial charge is 0.497 e. The summed E-state index contributed by atoms with van der Waals surface area (Å²) in [7, 11) is 3.24. The molecule has 2 aliphatic rings. The summed E-state index contributed by atoms with van der Waals surface area (Å²) in [5, 5.41) is 0. The van der Waals surface area contributed by atoms with Crippen molar-refractivity contribution in [3.63, 3.8) is 0 Å². The van der Waals surface area contributed by atoms with Crippen LogP contribution in [0.3, 0.4) is 0 Å². The smallest absolute Gasteiger partial charge is 0.228 e. The number of hydrogen-bond acceptors (Lipinski definition) is 5. The molecule has 0 saturated carbocycles. The average molecular weight is 390 g/mol. The number of rotatable bonds is 5. The number of hydrogen-bond donors (Lipinski definition) is 0. The van der Waals surface area contributed by atoms with E-state index >= 15 is 0 Å². The normalized spacial score (nSPS) is 22.5. The predicted molar refractivity (Wildman–Crippen MR) is 105 cm³/mol. The second kappa shape index (κ2) is 8.82. The van der Waals surface area contributed by atoms with Crippen LogP contribution in [-0.2, 0) is 14.3 Å². The SMILES string of the molecule is COc1ccc(OC)c(C2CN(C(=O)C(C)C)CC2C(=O)N2CCOCC2)c1. The van der Waals surface area contributed by atoms with Crippen LogP contribution in [-0.4, -0.2) is 75.2 Å². The molecule has 0 radical (unpaired) electrons. The van der Waals surface area contributed by atoms with Crippen molar-refractivity contribution in [3.8, 4) is 11.5 Å². The first kappa shape index (κ1) is 20.5. The predicted octanol–water partition coefficient (Wildman–Crippen LogP) is 1.76. The number of nitrogens with zero attached hydrogens (tertiary/aromatic N) is 2. The second-order valence-electron chi connectivity index (χ2n) is 7.66. The van der Waals surface area contributed by atoms with Crippen LogP contribution in [0.1, 0.15) is 25.3 Å². The molecule has 1 aromatic rings. The Balaban J connectivity index is 1.95. The summed E-state index contributed by atoms with van der Waals surface area (Å²) < 4.78 is 16.3. The monoisotopic (exact) mass is 390 g/mol. The Morgan fingerprint density at radius 3 is 2.39 bits per heavy atom. The molecule has 0 N–H and O–H groups in total. The van der Waals surface area contributed by atoms with Crippen LogP contribution >= 0.6 is 0 Å². The fraction of sp³-hybridized carbons (Fsp3) is 0.619. The van der Waals surface area contributed by atoms with Crippen LogP contribution in [0.5, 0.6) is 11.5 Å². The highest BCUT2D eigenvalue weighted by Gasteiger charge is 2.43. The number of carbonyl (C=O) groups excluding carboxylic acids is 2. The van der Waals surface area contributed by atoms with E-state index in [1.807, 2.05) is 41.8 Å². The van der Waals surface area contributed by atoms with E-state index in [-0.39, 0.29) is 29.6 Å². The first-order valence-electron chi connectivity index (χ1n) is 9.83. The van der Waals surface area contributed by atoms with Crippen LogP contribution in [0.2, 0.25) is 0 Å². The molecular weight excluding hydrogens is 360 g/mol. The van der Waals surface area contributed by atoms with Crippen molar-refractivity contribution in [3.05, 3.63) is 23.8 Å². The van der Waals surface area contributed by atoms with Gasteiger partial charge in [0, 0.05) is 43.6 Å². The van der Waals surface area contributed by atoms with E-state index < -0.39 is 0 Å². The number of likely N-dealkylation sites (tertiary alicyclic amines) is 1. The molecule has 2 aliphatic heterocycles. The molecule has 2 atom stereocenters. The van der Waals surface area contributed by atoms with Gasteiger partial charge in [-0.15, -0.1) is 0 Å². The first-order chi connectivity index (χ1) is 13.5. The molecule has 7 heteroatoms. The average Bonchev–Trinajstić information content (AvgIpc) is 3.17. The van der Waals surface area contributed by atoms with Gasteiger partial charge in [0.05, 0.1) is 33.4 Å². The van der Waals surface area contributed by atoms with Gasteiger partial charge in [-0.05, 0) is 18.2 Å². The third-order valence-electron chi connectivity index (χ3n) is 5.60. The summed E-state index contributed by atoms with van der Waals surface area (Å²) >= 11 is 0. The molecule has 28 heavy (non-hydrogen) atoms. The minimum atomic E-state index is -0.304. The summed E-state index contributed by atoms with van der Waals surface area (Å²) in [6, 6.07) is 5.62. The molecule has 2 fully saturated rings. The van der Waals surface area contributed by atoms with E-state index in [9.17, 15) is 9.59 Å². The minimum Gasteiger partial charge on any atom is -0.497 e. The van der Waals surface area contributed by atoms with Crippen molar-refractivity contribution in [2.75, 3.05) is 53.6 Å². The molecule has 3 rings (SSSR count). The van der Waals surface area contributed by atoms with Crippen molar-refractivity contribution < 1.29 is 23.8 Å². The minimum absolute atomic E-state index is 0.0733. The number of benzene rings is 1. The lowest BCUT2D eigenvalue weighted by Gasteiger charge is -2.31. The molecule has 7 nitrogen and oxygen atoms in total. The molecule has 2 amide bonds. The number of amides is 2. The van der Waals surface area contributed by atoms with Gasteiger partial charge < -0.3 is 24.0 Å². The molecule has 0 aromatic heterocycles. The van der Waals surface area contributed by atoms with E-state index in [4.69, 9.17) is 14.2 Å². The molecule has 1 aromatic carbocycles. The molecule has 0 aliphatic carbocycles. The maximum atomic E-state index is 13.3. The van der Waals surface area contributed by atoms with Crippen LogP contribution in [0.25, 0.3) is 0 Å². The summed E-state index contributed by atoms with van der Waals surface area (Å²) in [6.45, 7) is 7.01. The van der Waals surface area contributed by atoms with Crippen LogP contribution in [0.4, 0.5) is 0 Å². The zero-order valence-electron chi connectivity index (χ0n) is 17.1. The van der Waals surface area contributed by atoms with Crippen molar-refractivity contribution in [1.82, 2.24) is 9.80 Å². The number of ether oxygens (including phenoxy) is 3. The Morgan fingerprint density at radius 2 is 1.79 bits per heavy atom. The van der Waals surface area contributed by atoms with Gasteiger partial charge in [0.2, 0.25) is 11.8 Å². The number of carbonyl (C=O) groups is 2. The maximum Gasteiger partial charge on any atom is 0.228 e. The Kier molecular flexibility index (Phi) is 6.44. The van der Waals surface area contributed by atoms with Gasteiger partial charge in [-0.3, -0.25) is 9.59 Å². The summed E-state index contributed by atoms with van der Waals surface area (Å²) in [4.78, 5) is 29.7. The molecular formula is C21H30N2O5. The van der Waals surface area contributed by atoms with Gasteiger partial charge in [0.1, 0.15) is 11.5 Å². The Morgan fingerprint density at radius 1 is 1.07 bits per heavy atom. The lowest BCUT2D eigenvalue weighted by Crippen LogP contribution is -2.45. The second-order valence-corrected chi connectivity index (χ2v) is 7.66. The van der Waals surface area contributed by atoms with Crippen molar-refractivity contribution in [2.45, 2.75) is 19.8 Å². The van der Waals surface area contributed by atoms with Gasteiger partial charge in [-0.25, -0.2) is 0 Å². The highest BCUT2D eigenvalue weighted by atomic mass is 16.5. The van der Waals surface area contributed by atoms with E-state index in [1.54, 1.807) is 14.2 Å². The summed E-state index contributed by atoms with van der Waals surface area (Å²) in [5.41, 5.74) is 0.910. The van der Waals surface area contributed by atoms with Gasteiger partial charge >= 0.3 is 0 Å². The van der Waals surface area contributed by atoms with Crippen molar-refractivity contribution >= 4 is 11.8 Å². The van der Waals surface area contributed by atoms with Crippen LogP contribution in [0, 0.1) is 11.8 Å². The molecule has 0 bridgehead atoms. The molecule has 2 unspecified atom stereocenters. The van der Waals surface area contributed by atoms with E-state index in [1.165, 1.54) is 0 Å². The Bertz CT molecular complexity index is 715. The van der Waals surface area contributed by atoms with Crippen LogP contribution in [0.15, 0.2) is 18.2 Å². The topological polar surface area (TPSA) is 68.3 Å². The van der Waals surface area contributed by atoms with Crippen molar-refractivity contribution in [1.29, 1.82) is 0 Å². The zero-order valence-corrected chi connectivity index (χ0v) is 17.1. The van der Waals surface area contributed by atoms with E-state index in [0.717, 1.165) is 5.56 Å². The highest BCUT2D eigenvalue weighted by molar-refractivity contribution is 5.84. The molecule has 0 spiro atoms. The van der Waals surface area contributed by atoms with Gasteiger partial charge in [-0.1, -0.05) is 13.8 Å². The fourth-order valence-electron chi connectivity index (χ4n) is 4.06. The summed E-state index contributed by atoms with van der Waals surface area (Å²) in [6.07, 6.45) is 0. The Hall–Kier alpha value is -2.28. The lowest BCUT2D eigenvalue weighted by molar-refractivity contribution is -0.140. The lowest BCUT2D eigenvalue weighted by atomic mass is 9.87. The standard InChI is InChI=1S/C21H30N2O5/c1-14(2)20(24)23-12-17(16-11-15(26-3)5-6-19(16)27-4)18(13-23)21(25)22-7-9-28-10-8-22/h5-6,11,14,17-18H,7-10,12-13H2,1-4H3. The third-order valence-corrected chi connectivity index (χ3v) is 5.60. The molecule has 154 valence electrons. The zero-order chi connectivity index (χ0) is 20.3. The van der Waals surface area contributed by atoms with Crippen molar-refractivity contribution in [2.24, 2.45) is 11.8 Å². The quantitative estimate of drug-likeness (QED) is 0.766. The van der Waals surface area contributed by atoms with Gasteiger partial charge in [0.25, 0.3) is 0 Å². The molecule has 2 saturated heterocycles. The molecule has 2 heterocycles. The first-order valence-corrected chi connectivity index (χ1v) is 9.83. The number of methoxy groups -OCH3 is 2. The number of morpholine rings is 1. The van der Waals surface area contributed by atoms with Gasteiger partial charge in [-0.2, -0.15) is 0 Å². The maximum absolute atomic E-state index is 13.3. The van der Waals surface area contributed by atoms with Gasteiger partial charge in [0.15, 0.2) is 0 Å².